The Hall–Kier alpha value is -1.11. The van der Waals surface area contributed by atoms with Crippen LogP contribution in [0, 0.1) is 5.41 Å². The maximum Gasteiger partial charge on any atom is 0.236 e. The largest absolute Gasteiger partial charge is 0.396 e. The Labute approximate surface area is 190 Å². The molecule has 0 saturated carbocycles. The number of fused-ring (bicyclic) bond motifs is 1. The molecule has 10 heteroatoms. The van der Waals surface area contributed by atoms with E-state index in [4.69, 9.17) is 4.74 Å². The first-order chi connectivity index (χ1) is 13.5. The molecular weight excluding hydrogens is 507 g/mol. The summed E-state index contributed by atoms with van der Waals surface area (Å²) in [6.07, 6.45) is 2.31. The Kier molecular flexibility index (Phi) is 8.98. The van der Waals surface area contributed by atoms with Crippen molar-refractivity contribution in [3.63, 3.8) is 0 Å². The molecule has 0 radical (unpaired) electrons. The van der Waals surface area contributed by atoms with E-state index in [-0.39, 0.29) is 48.3 Å². The Morgan fingerprint density at radius 2 is 2.14 bits per heavy atom. The smallest absolute Gasteiger partial charge is 0.236 e. The summed E-state index contributed by atoms with van der Waals surface area (Å²) >= 11 is 0. The van der Waals surface area contributed by atoms with Crippen molar-refractivity contribution in [2.45, 2.75) is 19.3 Å². The van der Waals surface area contributed by atoms with Crippen LogP contribution >= 0.6 is 24.0 Å². The van der Waals surface area contributed by atoms with E-state index in [1.54, 1.807) is 7.05 Å². The summed E-state index contributed by atoms with van der Waals surface area (Å²) in [5.74, 6) is 0.550. The van der Waals surface area contributed by atoms with E-state index in [2.05, 4.69) is 15.6 Å². The minimum absolute atomic E-state index is 0. The van der Waals surface area contributed by atoms with Gasteiger partial charge >= 0.3 is 0 Å². The molecule has 0 amide bonds. The third-order valence-electron chi connectivity index (χ3n) is 5.51. The van der Waals surface area contributed by atoms with Crippen LogP contribution in [-0.4, -0.2) is 71.7 Å². The van der Waals surface area contributed by atoms with Gasteiger partial charge in [0.1, 0.15) is 0 Å². The Bertz CT molecular complexity index is 797. The molecule has 1 aromatic rings. The number of ether oxygens (including phenoxy) is 1. The third kappa shape index (κ3) is 5.96. The maximum absolute atomic E-state index is 12.7. The lowest BCUT2D eigenvalue weighted by Gasteiger charge is -2.27. The summed E-state index contributed by atoms with van der Waals surface area (Å²) in [6, 6.07) is 7.64. The van der Waals surface area contributed by atoms with Crippen LogP contribution in [0.4, 0.5) is 5.69 Å². The van der Waals surface area contributed by atoms with Gasteiger partial charge < -0.3 is 20.5 Å². The quantitative estimate of drug-likeness (QED) is 0.259. The molecule has 0 bridgehead atoms. The number of nitrogens with zero attached hydrogens (tertiary/aromatic N) is 2. The van der Waals surface area contributed by atoms with Crippen LogP contribution in [0.15, 0.2) is 29.3 Å². The van der Waals surface area contributed by atoms with Crippen LogP contribution in [0.25, 0.3) is 0 Å². The monoisotopic (exact) mass is 538 g/mol. The van der Waals surface area contributed by atoms with E-state index in [9.17, 15) is 13.5 Å². The van der Waals surface area contributed by atoms with E-state index in [0.717, 1.165) is 24.1 Å². The molecule has 3 N–H and O–H groups in total. The van der Waals surface area contributed by atoms with Gasteiger partial charge in [0.05, 0.1) is 18.0 Å². The first-order valence-corrected chi connectivity index (χ1v) is 11.3. The highest BCUT2D eigenvalue weighted by Gasteiger charge is 2.34. The molecule has 3 rings (SSSR count). The molecule has 2 aliphatic heterocycles. The van der Waals surface area contributed by atoms with Crippen molar-refractivity contribution < 1.29 is 18.3 Å². The summed E-state index contributed by atoms with van der Waals surface area (Å²) in [7, 11) is -1.74. The van der Waals surface area contributed by atoms with Gasteiger partial charge in [0.15, 0.2) is 5.96 Å². The molecule has 1 saturated heterocycles. The minimum Gasteiger partial charge on any atom is -0.396 e. The second-order valence-corrected chi connectivity index (χ2v) is 9.41. The molecule has 29 heavy (non-hydrogen) atoms. The van der Waals surface area contributed by atoms with Gasteiger partial charge in [-0.2, -0.15) is 0 Å². The number of halogens is 1. The number of aliphatic imine (C=N–C) groups is 1. The lowest BCUT2D eigenvalue weighted by Crippen LogP contribution is -2.46. The van der Waals surface area contributed by atoms with Crippen LogP contribution in [-0.2, 0) is 21.2 Å². The average Bonchev–Trinajstić information content (AvgIpc) is 3.32. The molecule has 164 valence electrons. The van der Waals surface area contributed by atoms with Gasteiger partial charge in [-0.1, -0.05) is 18.2 Å². The molecule has 2 aliphatic rings. The number of anilines is 1. The number of hydrogen-bond donors (Lipinski definition) is 3. The standard InChI is InChI=1S/C19H30N4O4S.HI/c1-20-18(22-14-19(7-11-24)8-12-27-15-19)21-9-13-28(25,26)23-10-6-16-4-2-3-5-17(16)23;/h2-5,24H,6-15H2,1H3,(H2,20,21,22);1H. The lowest BCUT2D eigenvalue weighted by atomic mass is 9.84. The predicted octanol–water partition coefficient (Wildman–Crippen LogP) is 0.951. The highest BCUT2D eigenvalue weighted by molar-refractivity contribution is 14.0. The number of aliphatic hydroxyl groups excluding tert-OH is 1. The maximum atomic E-state index is 12.7. The number of nitrogens with one attached hydrogen (secondary N) is 2. The van der Waals surface area contributed by atoms with E-state index in [1.165, 1.54) is 4.31 Å². The third-order valence-corrected chi connectivity index (χ3v) is 7.29. The van der Waals surface area contributed by atoms with Crippen LogP contribution < -0.4 is 14.9 Å². The molecule has 1 atom stereocenters. The first kappa shape index (κ1) is 24.2. The molecule has 1 aromatic carbocycles. The zero-order valence-corrected chi connectivity index (χ0v) is 19.9. The summed E-state index contributed by atoms with van der Waals surface area (Å²) < 4.78 is 32.5. The zero-order chi connectivity index (χ0) is 20.0. The van der Waals surface area contributed by atoms with Crippen LogP contribution in [0.2, 0.25) is 0 Å². The van der Waals surface area contributed by atoms with Crippen molar-refractivity contribution in [3.8, 4) is 0 Å². The number of hydrogen-bond acceptors (Lipinski definition) is 5. The predicted molar refractivity (Wildman–Crippen MR) is 126 cm³/mol. The number of benzene rings is 1. The second-order valence-electron chi connectivity index (χ2n) is 7.40. The second kappa shape index (κ2) is 10.8. The summed E-state index contributed by atoms with van der Waals surface area (Å²) in [5.41, 5.74) is 1.76. The van der Waals surface area contributed by atoms with Crippen molar-refractivity contribution in [3.05, 3.63) is 29.8 Å². The van der Waals surface area contributed by atoms with E-state index < -0.39 is 10.0 Å². The van der Waals surface area contributed by atoms with E-state index >= 15 is 0 Å². The van der Waals surface area contributed by atoms with Crippen LogP contribution in [0.5, 0.6) is 0 Å². The number of guanidine groups is 1. The van der Waals surface area contributed by atoms with Crippen molar-refractivity contribution in [1.29, 1.82) is 0 Å². The van der Waals surface area contributed by atoms with Crippen LogP contribution in [0.3, 0.4) is 0 Å². The Balaban J connectivity index is 0.00000300. The topological polar surface area (TPSA) is 103 Å². The average molecular weight is 538 g/mol. The zero-order valence-electron chi connectivity index (χ0n) is 16.8. The number of para-hydroxylation sites is 1. The molecule has 1 fully saturated rings. The van der Waals surface area contributed by atoms with Crippen LogP contribution in [0.1, 0.15) is 18.4 Å². The summed E-state index contributed by atoms with van der Waals surface area (Å²) in [5, 5.41) is 15.7. The van der Waals surface area contributed by atoms with Gasteiger partial charge in [0.2, 0.25) is 10.0 Å². The molecule has 0 spiro atoms. The van der Waals surface area contributed by atoms with Gasteiger partial charge in [-0.05, 0) is 30.9 Å². The highest BCUT2D eigenvalue weighted by atomic mass is 127. The fourth-order valence-corrected chi connectivity index (χ4v) is 5.24. The number of rotatable bonds is 8. The lowest BCUT2D eigenvalue weighted by molar-refractivity contribution is 0.127. The van der Waals surface area contributed by atoms with Crippen molar-refractivity contribution in [2.24, 2.45) is 10.4 Å². The number of sulfonamides is 1. The molecule has 0 aromatic heterocycles. The normalized spacial score (nSPS) is 21.6. The summed E-state index contributed by atoms with van der Waals surface area (Å²) in [6.45, 7) is 2.82. The van der Waals surface area contributed by atoms with Crippen molar-refractivity contribution >= 4 is 45.6 Å². The fraction of sp³-hybridized carbons (Fsp3) is 0.632. The van der Waals surface area contributed by atoms with E-state index in [1.807, 2.05) is 24.3 Å². The molecule has 1 unspecified atom stereocenters. The molecular formula is C19H31IN4O4S. The highest BCUT2D eigenvalue weighted by Crippen LogP contribution is 2.31. The van der Waals surface area contributed by atoms with Gasteiger partial charge in [0.25, 0.3) is 0 Å². The fourth-order valence-electron chi connectivity index (χ4n) is 3.81. The van der Waals surface area contributed by atoms with Crippen molar-refractivity contribution in [1.82, 2.24) is 10.6 Å². The molecule has 0 aliphatic carbocycles. The molecule has 8 nitrogen and oxygen atoms in total. The van der Waals surface area contributed by atoms with Crippen molar-refractivity contribution in [2.75, 3.05) is 56.6 Å². The summed E-state index contributed by atoms with van der Waals surface area (Å²) in [4.78, 5) is 4.18. The Morgan fingerprint density at radius 3 is 2.83 bits per heavy atom. The van der Waals surface area contributed by atoms with Gasteiger partial charge in [-0.15, -0.1) is 24.0 Å². The number of aliphatic hydroxyl groups is 1. The van der Waals surface area contributed by atoms with E-state index in [0.29, 0.717) is 38.7 Å². The minimum atomic E-state index is -3.39. The van der Waals surface area contributed by atoms with Gasteiger partial charge in [-0.25, -0.2) is 8.42 Å². The first-order valence-electron chi connectivity index (χ1n) is 9.71. The van der Waals surface area contributed by atoms with Gasteiger partial charge in [-0.3, -0.25) is 9.30 Å². The Morgan fingerprint density at radius 1 is 1.34 bits per heavy atom. The molecule has 2 heterocycles. The van der Waals surface area contributed by atoms with Gasteiger partial charge in [0, 0.05) is 45.3 Å². The SMILES string of the molecule is CN=C(NCCS(=O)(=O)N1CCc2ccccc21)NCC1(CCO)CCOC1.I.